The molecule has 0 aliphatic heterocycles. The summed E-state index contributed by atoms with van der Waals surface area (Å²) in [5.41, 5.74) is 1.17. The Morgan fingerprint density at radius 3 is 1.81 bits per heavy atom. The van der Waals surface area contributed by atoms with Crippen molar-refractivity contribution in [2.24, 2.45) is 10.8 Å². The number of carbonyl (C=O) groups excluding carboxylic acids is 1. The minimum absolute atomic E-state index is 0.0115. The van der Waals surface area contributed by atoms with Gasteiger partial charge in [-0.15, -0.1) is 0 Å². The molecule has 0 aliphatic rings. The van der Waals surface area contributed by atoms with Crippen molar-refractivity contribution in [2.75, 3.05) is 6.61 Å². The zero-order chi connectivity index (χ0) is 13.0. The molecule has 2 nitrogen and oxygen atoms in total. The lowest BCUT2D eigenvalue weighted by atomic mass is 9.89. The van der Waals surface area contributed by atoms with Crippen molar-refractivity contribution in [3.63, 3.8) is 0 Å². The molecule has 0 atom stereocenters. The van der Waals surface area contributed by atoms with Crippen LogP contribution in [0.2, 0.25) is 0 Å². The highest BCUT2D eigenvalue weighted by molar-refractivity contribution is 5.70. The van der Waals surface area contributed by atoms with Crippen LogP contribution in [0.15, 0.2) is 12.2 Å². The molecule has 0 aromatic heterocycles. The maximum Gasteiger partial charge on any atom is 0.306 e. The van der Waals surface area contributed by atoms with Crippen molar-refractivity contribution in [3.8, 4) is 0 Å². The van der Waals surface area contributed by atoms with E-state index in [1.807, 2.05) is 20.8 Å². The van der Waals surface area contributed by atoms with Crippen LogP contribution in [-0.4, -0.2) is 12.6 Å². The van der Waals surface area contributed by atoms with Crippen LogP contribution in [0.5, 0.6) is 0 Å². The molecule has 0 heterocycles. The van der Waals surface area contributed by atoms with Gasteiger partial charge in [-0.1, -0.05) is 48.1 Å². The van der Waals surface area contributed by atoms with Crippen LogP contribution in [0.25, 0.3) is 0 Å². The van der Waals surface area contributed by atoms with Crippen molar-refractivity contribution in [2.45, 2.75) is 54.4 Å². The van der Waals surface area contributed by atoms with Crippen LogP contribution < -0.4 is 0 Å². The summed E-state index contributed by atoms with van der Waals surface area (Å²) in [6.45, 7) is 16.8. The van der Waals surface area contributed by atoms with E-state index in [9.17, 15) is 4.79 Å². The fraction of sp³-hybridized carbons (Fsp3) is 0.786. The molecular weight excluding hydrogens is 200 g/mol. The molecule has 0 rings (SSSR count). The number of esters is 1. The average molecular weight is 226 g/mol. The Morgan fingerprint density at radius 1 is 1.00 bits per heavy atom. The lowest BCUT2D eigenvalue weighted by Gasteiger charge is -2.20. The number of hydrogen-bond acceptors (Lipinski definition) is 2. The third-order valence-corrected chi connectivity index (χ3v) is 1.89. The minimum atomic E-state index is -0.137. The van der Waals surface area contributed by atoms with Gasteiger partial charge in [-0.05, 0) is 22.8 Å². The molecule has 16 heavy (non-hydrogen) atoms. The SMILES string of the molecule is C=C(COC(=O)CC(C)(C)C)CC(C)(C)C. The van der Waals surface area contributed by atoms with E-state index >= 15 is 0 Å². The highest BCUT2D eigenvalue weighted by Gasteiger charge is 2.18. The standard InChI is InChI=1S/C14H26O2/c1-11(8-13(2,3)4)10-16-12(15)9-14(5,6)7/h1,8-10H2,2-7H3. The second-order valence-electron chi connectivity index (χ2n) is 6.89. The fourth-order valence-electron chi connectivity index (χ4n) is 1.47. The number of carbonyl (C=O) groups is 1. The number of ether oxygens (including phenoxy) is 1. The molecule has 0 bridgehead atoms. The molecule has 0 saturated carbocycles. The van der Waals surface area contributed by atoms with Crippen molar-refractivity contribution in [1.82, 2.24) is 0 Å². The highest BCUT2D eigenvalue weighted by atomic mass is 16.5. The van der Waals surface area contributed by atoms with Crippen LogP contribution in [0, 0.1) is 10.8 Å². The van der Waals surface area contributed by atoms with Gasteiger partial charge in [0.2, 0.25) is 0 Å². The molecule has 0 aliphatic carbocycles. The summed E-state index contributed by atoms with van der Waals surface area (Å²) in [6, 6.07) is 0. The third kappa shape index (κ3) is 9.75. The summed E-state index contributed by atoms with van der Waals surface area (Å²) >= 11 is 0. The first kappa shape index (κ1) is 15.2. The molecule has 0 amide bonds. The van der Waals surface area contributed by atoms with Crippen molar-refractivity contribution in [1.29, 1.82) is 0 Å². The maximum atomic E-state index is 11.5. The quantitative estimate of drug-likeness (QED) is 0.536. The zero-order valence-electron chi connectivity index (χ0n) is 11.6. The normalized spacial score (nSPS) is 12.4. The van der Waals surface area contributed by atoms with Gasteiger partial charge < -0.3 is 4.74 Å². The first-order valence-corrected chi connectivity index (χ1v) is 5.82. The third-order valence-electron chi connectivity index (χ3n) is 1.89. The van der Waals surface area contributed by atoms with Gasteiger partial charge in [-0.2, -0.15) is 0 Å². The monoisotopic (exact) mass is 226 g/mol. The Labute approximate surface area is 100 Å². The van der Waals surface area contributed by atoms with E-state index in [1.165, 1.54) is 0 Å². The van der Waals surface area contributed by atoms with Crippen LogP contribution in [0.3, 0.4) is 0 Å². The first-order valence-electron chi connectivity index (χ1n) is 5.82. The molecule has 0 N–H and O–H groups in total. The topological polar surface area (TPSA) is 26.3 Å². The van der Waals surface area contributed by atoms with Crippen molar-refractivity contribution < 1.29 is 9.53 Å². The highest BCUT2D eigenvalue weighted by Crippen LogP contribution is 2.24. The van der Waals surface area contributed by atoms with Gasteiger partial charge in [0.05, 0.1) is 6.42 Å². The molecule has 0 radical (unpaired) electrons. The lowest BCUT2D eigenvalue weighted by molar-refractivity contribution is -0.144. The van der Waals surface area contributed by atoms with E-state index in [1.54, 1.807) is 0 Å². The minimum Gasteiger partial charge on any atom is -0.461 e. The molecular formula is C14H26O2. The molecule has 0 unspecified atom stereocenters. The predicted molar refractivity (Wildman–Crippen MR) is 68.2 cm³/mol. The summed E-state index contributed by atoms with van der Waals surface area (Å²) in [7, 11) is 0. The predicted octanol–water partition coefficient (Wildman–Crippen LogP) is 3.96. The molecule has 0 aromatic rings. The van der Waals surface area contributed by atoms with Gasteiger partial charge in [-0.25, -0.2) is 0 Å². The van der Waals surface area contributed by atoms with Crippen LogP contribution in [-0.2, 0) is 9.53 Å². The Kier molecular flexibility index (Phi) is 5.24. The first-order chi connectivity index (χ1) is 6.99. The molecule has 0 fully saturated rings. The Morgan fingerprint density at radius 2 is 1.44 bits per heavy atom. The van der Waals surface area contributed by atoms with Crippen LogP contribution in [0.4, 0.5) is 0 Å². The van der Waals surface area contributed by atoms with Crippen molar-refractivity contribution >= 4 is 5.97 Å². The largest absolute Gasteiger partial charge is 0.461 e. The Hall–Kier alpha value is -0.790. The van der Waals surface area contributed by atoms with E-state index in [4.69, 9.17) is 4.74 Å². The number of rotatable bonds is 4. The van der Waals surface area contributed by atoms with E-state index in [0.717, 1.165) is 12.0 Å². The summed E-state index contributed by atoms with van der Waals surface area (Å²) in [5, 5.41) is 0. The van der Waals surface area contributed by atoms with E-state index in [2.05, 4.69) is 27.4 Å². The van der Waals surface area contributed by atoms with Crippen LogP contribution >= 0.6 is 0 Å². The second kappa shape index (κ2) is 5.51. The molecule has 94 valence electrons. The fourth-order valence-corrected chi connectivity index (χ4v) is 1.47. The molecule has 0 saturated heterocycles. The maximum absolute atomic E-state index is 11.5. The summed E-state index contributed by atoms with van der Waals surface area (Å²) in [6.07, 6.45) is 1.34. The average Bonchev–Trinajstić information content (AvgIpc) is 1.94. The molecule has 2 heteroatoms. The zero-order valence-corrected chi connectivity index (χ0v) is 11.6. The smallest absolute Gasteiger partial charge is 0.306 e. The van der Waals surface area contributed by atoms with Crippen LogP contribution in [0.1, 0.15) is 54.4 Å². The van der Waals surface area contributed by atoms with Gasteiger partial charge in [0.25, 0.3) is 0 Å². The van der Waals surface area contributed by atoms with Gasteiger partial charge in [0.15, 0.2) is 0 Å². The summed E-state index contributed by atoms with van der Waals surface area (Å²) in [5.74, 6) is -0.137. The number of hydrogen-bond donors (Lipinski definition) is 0. The molecule has 0 aromatic carbocycles. The van der Waals surface area contributed by atoms with E-state index in [-0.39, 0.29) is 16.8 Å². The van der Waals surface area contributed by atoms with E-state index < -0.39 is 0 Å². The Balaban J connectivity index is 3.90. The van der Waals surface area contributed by atoms with Gasteiger partial charge in [0.1, 0.15) is 6.61 Å². The second-order valence-corrected chi connectivity index (χ2v) is 6.89. The van der Waals surface area contributed by atoms with Crippen molar-refractivity contribution in [3.05, 3.63) is 12.2 Å². The van der Waals surface area contributed by atoms with Gasteiger partial charge in [0, 0.05) is 0 Å². The lowest BCUT2D eigenvalue weighted by Crippen LogP contribution is -2.17. The summed E-state index contributed by atoms with van der Waals surface area (Å²) < 4.78 is 5.19. The Bertz CT molecular complexity index is 223. The van der Waals surface area contributed by atoms with E-state index in [0.29, 0.717) is 13.0 Å². The summed E-state index contributed by atoms with van der Waals surface area (Å²) in [4.78, 5) is 11.5. The van der Waals surface area contributed by atoms with Gasteiger partial charge >= 0.3 is 5.97 Å². The van der Waals surface area contributed by atoms with Gasteiger partial charge in [-0.3, -0.25) is 4.79 Å². The molecule has 0 spiro atoms.